The van der Waals surface area contributed by atoms with Gasteiger partial charge in [-0.25, -0.2) is 0 Å². The Morgan fingerprint density at radius 1 is 0.667 bits per heavy atom. The molecule has 2 heterocycles. The normalized spacial score (nSPS) is 17.7. The number of ether oxygens (including phenoxy) is 2. The summed E-state index contributed by atoms with van der Waals surface area (Å²) in [5.74, 6) is 2.62. The molecule has 0 unspecified atom stereocenters. The van der Waals surface area contributed by atoms with Crippen molar-refractivity contribution < 1.29 is 9.47 Å². The highest BCUT2D eigenvalue weighted by Gasteiger charge is 2.24. The van der Waals surface area contributed by atoms with Crippen LogP contribution in [0, 0.1) is 23.2 Å². The smallest absolute Gasteiger partial charge is 0.0606 e. The Bertz CT molecular complexity index is 624. The van der Waals surface area contributed by atoms with Crippen LogP contribution in [0.2, 0.25) is 0 Å². The fourth-order valence-electron chi connectivity index (χ4n) is 5.98. The summed E-state index contributed by atoms with van der Waals surface area (Å²) in [4.78, 5) is 5.20. The molecule has 0 saturated carbocycles. The number of likely N-dealkylation sites (N-methyl/N-ethyl adjacent to an activating group) is 2. The minimum Gasteiger partial charge on any atom is -0.380 e. The molecule has 0 aromatic rings. The Morgan fingerprint density at radius 3 is 1.67 bits per heavy atom. The molecule has 0 radical (unpaired) electrons. The zero-order chi connectivity index (χ0) is 34.1. The predicted molar refractivity (Wildman–Crippen MR) is 200 cm³/mol. The molecule has 0 aliphatic carbocycles. The molecule has 2 fully saturated rings. The van der Waals surface area contributed by atoms with E-state index in [1.54, 1.807) is 0 Å². The quantitative estimate of drug-likeness (QED) is 0.147. The number of piperidine rings is 2. The van der Waals surface area contributed by atoms with Crippen molar-refractivity contribution in [1.82, 2.24) is 20.4 Å². The molecule has 6 heteroatoms. The summed E-state index contributed by atoms with van der Waals surface area (Å²) in [5.41, 5.74) is 0.521. The molecule has 272 valence electrons. The van der Waals surface area contributed by atoms with Gasteiger partial charge < -0.3 is 29.9 Å². The maximum absolute atomic E-state index is 6.04. The molecule has 45 heavy (non-hydrogen) atoms. The number of hydrogen-bond donors (Lipinski definition) is 2. The van der Waals surface area contributed by atoms with Gasteiger partial charge in [0.05, 0.1) is 18.3 Å². The average Bonchev–Trinajstić information content (AvgIpc) is 2.95. The van der Waals surface area contributed by atoms with Crippen LogP contribution >= 0.6 is 0 Å². The molecule has 2 aliphatic heterocycles. The lowest BCUT2D eigenvalue weighted by atomic mass is 9.86. The topological polar surface area (TPSA) is 49.0 Å². The van der Waals surface area contributed by atoms with Crippen LogP contribution in [-0.4, -0.2) is 101 Å². The van der Waals surface area contributed by atoms with Crippen molar-refractivity contribution in [2.75, 3.05) is 79.7 Å². The first-order chi connectivity index (χ1) is 21.2. The van der Waals surface area contributed by atoms with Crippen LogP contribution in [0.15, 0.2) is 0 Å². The van der Waals surface area contributed by atoms with E-state index in [1.807, 2.05) is 14.1 Å². The lowest BCUT2D eigenvalue weighted by Crippen LogP contribution is -2.41. The highest BCUT2D eigenvalue weighted by Crippen LogP contribution is 2.25. The Kier molecular flexibility index (Phi) is 26.5. The van der Waals surface area contributed by atoms with E-state index < -0.39 is 0 Å². The molecule has 2 aliphatic rings. The Labute approximate surface area is 283 Å². The molecular formula is C39H84N4O2. The van der Waals surface area contributed by atoms with Crippen molar-refractivity contribution in [3.63, 3.8) is 0 Å². The molecule has 6 nitrogen and oxygen atoms in total. The number of nitrogens with zero attached hydrogens (tertiary/aromatic N) is 2. The lowest BCUT2D eigenvalue weighted by molar-refractivity contribution is -0.0833. The Balaban J connectivity index is 0.000000730. The predicted octanol–water partition coefficient (Wildman–Crippen LogP) is 8.49. The van der Waals surface area contributed by atoms with Gasteiger partial charge in [0.25, 0.3) is 0 Å². The number of nitrogens with one attached hydrogen (secondary N) is 2. The molecule has 0 aromatic carbocycles. The van der Waals surface area contributed by atoms with Gasteiger partial charge in [0.15, 0.2) is 0 Å². The van der Waals surface area contributed by atoms with Crippen LogP contribution < -0.4 is 10.6 Å². The van der Waals surface area contributed by atoms with Gasteiger partial charge in [0.2, 0.25) is 0 Å². The van der Waals surface area contributed by atoms with E-state index in [-0.39, 0.29) is 5.60 Å². The lowest BCUT2D eigenvalue weighted by Gasteiger charge is -2.35. The van der Waals surface area contributed by atoms with E-state index >= 15 is 0 Å². The van der Waals surface area contributed by atoms with Gasteiger partial charge in [-0.1, -0.05) is 74.1 Å². The first-order valence-electron chi connectivity index (χ1n) is 19.2. The highest BCUT2D eigenvalue weighted by atomic mass is 16.5. The molecule has 0 amide bonds. The number of rotatable bonds is 18. The fourth-order valence-corrected chi connectivity index (χ4v) is 5.98. The van der Waals surface area contributed by atoms with E-state index in [2.05, 4.69) is 89.7 Å². The van der Waals surface area contributed by atoms with Crippen LogP contribution in [0.5, 0.6) is 0 Å². The van der Waals surface area contributed by atoms with Crippen molar-refractivity contribution in [1.29, 1.82) is 0 Å². The summed E-state index contributed by atoms with van der Waals surface area (Å²) in [6.07, 6.45) is 15.3. The van der Waals surface area contributed by atoms with Gasteiger partial charge in [0, 0.05) is 39.3 Å². The van der Waals surface area contributed by atoms with Crippen LogP contribution in [0.4, 0.5) is 0 Å². The zero-order valence-electron chi connectivity index (χ0n) is 32.9. The average molecular weight is 641 g/mol. The van der Waals surface area contributed by atoms with Crippen LogP contribution in [0.25, 0.3) is 0 Å². The summed E-state index contributed by atoms with van der Waals surface area (Å²) in [6.45, 7) is 34.0. The van der Waals surface area contributed by atoms with Gasteiger partial charge in [-0.15, -0.1) is 0 Å². The van der Waals surface area contributed by atoms with E-state index in [1.165, 1.54) is 77.4 Å². The number of unbranched alkanes of at least 4 members (excludes halogenated alkanes) is 4. The minimum atomic E-state index is -0.00715. The molecule has 0 aromatic heterocycles. The summed E-state index contributed by atoms with van der Waals surface area (Å²) >= 11 is 0. The van der Waals surface area contributed by atoms with Crippen molar-refractivity contribution in [3.8, 4) is 0 Å². The standard InChI is InChI=1S/C19H39N.C16H33NO2.C4H12N2/c1-17(2)18-11-15-20(16-12-18)14-10-8-6-7-9-13-19(3,4)5;1-14(2)8-12-18-13-11-17-9-6-15(7-10-17)19-16(3,4)5;1-5-3-4-6-2/h17-18H,6-16H2,1-5H3;14-15H,6-13H2,1-5H3;5-6H,3-4H2,1-2H3. The summed E-state index contributed by atoms with van der Waals surface area (Å²) in [6, 6.07) is 0. The molecule has 2 rings (SSSR count). The first kappa shape index (κ1) is 44.8. The van der Waals surface area contributed by atoms with Gasteiger partial charge >= 0.3 is 0 Å². The third-order valence-electron chi connectivity index (χ3n) is 9.05. The first-order valence-corrected chi connectivity index (χ1v) is 19.2. The second-order valence-electron chi connectivity index (χ2n) is 16.8. The van der Waals surface area contributed by atoms with Crippen molar-refractivity contribution >= 4 is 0 Å². The molecule has 0 bridgehead atoms. The van der Waals surface area contributed by atoms with Crippen molar-refractivity contribution in [2.24, 2.45) is 23.2 Å². The van der Waals surface area contributed by atoms with Crippen LogP contribution in [-0.2, 0) is 9.47 Å². The second-order valence-corrected chi connectivity index (χ2v) is 16.8. The molecule has 0 atom stereocenters. The maximum Gasteiger partial charge on any atom is 0.0606 e. The number of likely N-dealkylation sites (tertiary alicyclic amines) is 2. The monoisotopic (exact) mass is 641 g/mol. The minimum absolute atomic E-state index is 0.00715. The maximum atomic E-state index is 6.04. The van der Waals surface area contributed by atoms with Crippen LogP contribution in [0.3, 0.4) is 0 Å². The highest BCUT2D eigenvalue weighted by molar-refractivity contribution is 4.76. The van der Waals surface area contributed by atoms with E-state index in [9.17, 15) is 0 Å². The number of hydrogen-bond acceptors (Lipinski definition) is 6. The van der Waals surface area contributed by atoms with Crippen LogP contribution in [0.1, 0.15) is 140 Å². The summed E-state index contributed by atoms with van der Waals surface area (Å²) in [7, 11) is 3.88. The van der Waals surface area contributed by atoms with E-state index in [0.717, 1.165) is 76.5 Å². The van der Waals surface area contributed by atoms with E-state index in [0.29, 0.717) is 11.5 Å². The third-order valence-corrected chi connectivity index (χ3v) is 9.05. The Hall–Kier alpha value is -0.240. The van der Waals surface area contributed by atoms with Gasteiger partial charge in [0.1, 0.15) is 0 Å². The van der Waals surface area contributed by atoms with Gasteiger partial charge in [-0.2, -0.15) is 0 Å². The van der Waals surface area contributed by atoms with Gasteiger partial charge in [-0.05, 0) is 123 Å². The second kappa shape index (κ2) is 26.7. The molecule has 2 saturated heterocycles. The fraction of sp³-hybridized carbons (Fsp3) is 1.00. The SMILES string of the molecule is CC(C)C1CCN(CCCCCCCC(C)(C)C)CC1.CC(C)CCOCCN1CCC(OC(C)(C)C)CC1.CNCCNC. The van der Waals surface area contributed by atoms with Crippen molar-refractivity contribution in [2.45, 2.75) is 152 Å². The largest absolute Gasteiger partial charge is 0.380 e. The molecule has 0 spiro atoms. The summed E-state index contributed by atoms with van der Waals surface area (Å²) in [5, 5.41) is 6.01. The van der Waals surface area contributed by atoms with Gasteiger partial charge in [-0.3, -0.25) is 0 Å². The molecular weight excluding hydrogens is 556 g/mol. The Morgan fingerprint density at radius 2 is 1.18 bits per heavy atom. The van der Waals surface area contributed by atoms with E-state index in [4.69, 9.17) is 9.47 Å². The third kappa shape index (κ3) is 29.6. The summed E-state index contributed by atoms with van der Waals surface area (Å²) < 4.78 is 11.7. The zero-order valence-corrected chi connectivity index (χ0v) is 32.9. The molecule has 2 N–H and O–H groups in total. The van der Waals surface area contributed by atoms with Crippen molar-refractivity contribution in [3.05, 3.63) is 0 Å².